The number of carboxylic acid groups (broad SMARTS) is 1. The number of carbonyl (C=O) groups is 6. The van der Waals surface area contributed by atoms with E-state index in [9.17, 15) is 33.9 Å². The third-order valence-corrected chi connectivity index (χ3v) is 8.01. The van der Waals surface area contributed by atoms with Gasteiger partial charge in [-0.05, 0) is 17.9 Å². The molecule has 2 amide bonds. The molecule has 14 heteroatoms. The van der Waals surface area contributed by atoms with Crippen molar-refractivity contribution in [3.8, 4) is 0 Å². The number of hydrogen-bond acceptors (Lipinski definition) is 11. The quantitative estimate of drug-likeness (QED) is 0.182. The number of esters is 3. The fourth-order valence-electron chi connectivity index (χ4n) is 3.89. The molecule has 1 fully saturated rings. The predicted octanol–water partition coefficient (Wildman–Crippen LogP) is 0.313. The maximum atomic E-state index is 12.9. The van der Waals surface area contributed by atoms with E-state index >= 15 is 0 Å². The molecule has 0 saturated carbocycles. The average Bonchev–Trinajstić information content (AvgIpc) is 3.35. The van der Waals surface area contributed by atoms with E-state index in [4.69, 9.17) is 14.2 Å². The van der Waals surface area contributed by atoms with E-state index in [1.54, 1.807) is 12.1 Å². The number of hydrogen-bond donors (Lipinski definition) is 2. The molecular weight excluding hydrogens is 516 g/mol. The summed E-state index contributed by atoms with van der Waals surface area (Å²) in [5.41, 5.74) is -0.388. The van der Waals surface area contributed by atoms with Gasteiger partial charge in [0.1, 0.15) is 23.7 Å². The minimum absolute atomic E-state index is 0.0356. The molecule has 0 radical (unpaired) electrons. The highest BCUT2D eigenvalue weighted by molar-refractivity contribution is 8.00. The third-order valence-electron chi connectivity index (χ3n) is 5.57. The van der Waals surface area contributed by atoms with Crippen LogP contribution in [0.2, 0.25) is 0 Å². The van der Waals surface area contributed by atoms with Gasteiger partial charge in [-0.3, -0.25) is 28.9 Å². The van der Waals surface area contributed by atoms with Crippen molar-refractivity contribution >= 4 is 58.8 Å². The number of aliphatic carboxylic acids is 1. The van der Waals surface area contributed by atoms with E-state index in [2.05, 4.69) is 5.32 Å². The molecule has 2 N–H and O–H groups in total. The first kappa shape index (κ1) is 27.2. The van der Waals surface area contributed by atoms with Gasteiger partial charge in [-0.15, -0.1) is 23.1 Å². The topological polar surface area (TPSA) is 166 Å². The molecule has 36 heavy (non-hydrogen) atoms. The van der Waals surface area contributed by atoms with E-state index in [1.165, 1.54) is 11.3 Å². The van der Waals surface area contributed by atoms with E-state index in [-0.39, 0.29) is 18.4 Å². The summed E-state index contributed by atoms with van der Waals surface area (Å²) >= 11 is 2.45. The van der Waals surface area contributed by atoms with Crippen LogP contribution in [-0.2, 0) is 49.4 Å². The Morgan fingerprint density at radius 2 is 1.83 bits per heavy atom. The fraction of sp³-hybridized carbons (Fsp3) is 0.455. The molecule has 2 unspecified atom stereocenters. The van der Waals surface area contributed by atoms with Crippen molar-refractivity contribution < 1.29 is 48.1 Å². The van der Waals surface area contributed by atoms with Crippen LogP contribution in [0.4, 0.5) is 0 Å². The molecule has 0 aliphatic carbocycles. The molecule has 3 heterocycles. The highest BCUT2D eigenvalue weighted by atomic mass is 32.2. The maximum absolute atomic E-state index is 12.9. The van der Waals surface area contributed by atoms with Crippen molar-refractivity contribution in [3.63, 3.8) is 0 Å². The zero-order chi connectivity index (χ0) is 26.6. The van der Waals surface area contributed by atoms with Gasteiger partial charge in [0.15, 0.2) is 5.92 Å². The number of rotatable bonds is 10. The van der Waals surface area contributed by atoms with Gasteiger partial charge >= 0.3 is 23.9 Å². The van der Waals surface area contributed by atoms with Crippen molar-refractivity contribution in [1.29, 1.82) is 0 Å². The Labute approximate surface area is 213 Å². The SMILES string of the molecule is COC(=O)C(CC1S[C@H]2C(NC(=O)Cc3cccs3)C(=O)N2C(C(=O)O)=C1COC(C)=O)C(=O)OC. The smallest absolute Gasteiger partial charge is 0.352 e. The summed E-state index contributed by atoms with van der Waals surface area (Å²) < 4.78 is 14.4. The lowest BCUT2D eigenvalue weighted by molar-refractivity contribution is -0.159. The van der Waals surface area contributed by atoms with Crippen LogP contribution in [0.25, 0.3) is 0 Å². The Hall–Kier alpha value is -3.39. The first-order chi connectivity index (χ1) is 17.1. The second-order valence-corrected chi connectivity index (χ2v) is 10.2. The molecule has 1 saturated heterocycles. The molecule has 194 valence electrons. The van der Waals surface area contributed by atoms with Crippen LogP contribution in [0.3, 0.4) is 0 Å². The highest BCUT2D eigenvalue weighted by Gasteiger charge is 2.57. The number of thiophene rings is 1. The normalized spacial score (nSPS) is 20.8. The zero-order valence-corrected chi connectivity index (χ0v) is 21.2. The summed E-state index contributed by atoms with van der Waals surface area (Å²) in [6.07, 6.45) is -0.194. The molecule has 2 aliphatic rings. The lowest BCUT2D eigenvalue weighted by atomic mass is 9.95. The highest BCUT2D eigenvalue weighted by Crippen LogP contribution is 2.46. The number of nitrogens with one attached hydrogen (secondary N) is 1. The molecule has 3 rings (SSSR count). The van der Waals surface area contributed by atoms with Crippen molar-refractivity contribution in [2.24, 2.45) is 5.92 Å². The van der Waals surface area contributed by atoms with Gasteiger partial charge < -0.3 is 24.6 Å². The van der Waals surface area contributed by atoms with Crippen LogP contribution in [0, 0.1) is 5.92 Å². The molecule has 2 aliphatic heterocycles. The van der Waals surface area contributed by atoms with Gasteiger partial charge in [-0.25, -0.2) is 4.79 Å². The second kappa shape index (κ2) is 11.6. The minimum Gasteiger partial charge on any atom is -0.477 e. The molecule has 1 aromatic rings. The van der Waals surface area contributed by atoms with Gasteiger partial charge in [-0.2, -0.15) is 0 Å². The molecule has 3 atom stereocenters. The number of β-lactam (4-membered cyclic amide) rings is 1. The summed E-state index contributed by atoms with van der Waals surface area (Å²) in [7, 11) is 2.19. The molecular formula is C22H24N2O10S2. The number of carboxylic acids is 1. The Morgan fingerprint density at radius 3 is 2.36 bits per heavy atom. The maximum Gasteiger partial charge on any atom is 0.352 e. The summed E-state index contributed by atoms with van der Waals surface area (Å²) in [5, 5.41) is 12.7. The number of thioether (sulfide) groups is 1. The van der Waals surface area contributed by atoms with Crippen LogP contribution >= 0.6 is 23.1 Å². The summed E-state index contributed by atoms with van der Waals surface area (Å²) in [5.74, 6) is -6.38. The number of carbonyl (C=O) groups excluding carboxylic acids is 5. The molecule has 0 aromatic carbocycles. The largest absolute Gasteiger partial charge is 0.477 e. The van der Waals surface area contributed by atoms with Crippen molar-refractivity contribution in [2.75, 3.05) is 20.8 Å². The van der Waals surface area contributed by atoms with Gasteiger partial charge in [0, 0.05) is 22.6 Å². The van der Waals surface area contributed by atoms with E-state index < -0.39 is 70.6 Å². The van der Waals surface area contributed by atoms with E-state index in [1.807, 2.05) is 5.38 Å². The Bertz CT molecular complexity index is 1080. The monoisotopic (exact) mass is 540 g/mol. The minimum atomic E-state index is -1.46. The van der Waals surface area contributed by atoms with Gasteiger partial charge in [0.25, 0.3) is 5.91 Å². The summed E-state index contributed by atoms with van der Waals surface area (Å²) in [4.78, 5) is 75.5. The first-order valence-electron chi connectivity index (χ1n) is 10.6. The number of amides is 2. The van der Waals surface area contributed by atoms with Crippen LogP contribution in [-0.4, -0.2) is 83.2 Å². The third kappa shape index (κ3) is 5.70. The van der Waals surface area contributed by atoms with Gasteiger partial charge in [0.05, 0.1) is 20.6 Å². The Morgan fingerprint density at radius 1 is 1.17 bits per heavy atom. The lowest BCUT2D eigenvalue weighted by Gasteiger charge is -2.51. The first-order valence-corrected chi connectivity index (χ1v) is 12.5. The molecule has 0 spiro atoms. The Balaban J connectivity index is 1.92. The number of fused-ring (bicyclic) bond motifs is 1. The Kier molecular flexibility index (Phi) is 8.74. The fourth-order valence-corrected chi connectivity index (χ4v) is 6.25. The number of ether oxygens (including phenoxy) is 3. The van der Waals surface area contributed by atoms with Crippen LogP contribution in [0.15, 0.2) is 28.8 Å². The van der Waals surface area contributed by atoms with Crippen LogP contribution in [0.5, 0.6) is 0 Å². The summed E-state index contributed by atoms with van der Waals surface area (Å²) in [6, 6.07) is 2.54. The zero-order valence-electron chi connectivity index (χ0n) is 19.5. The second-order valence-electron chi connectivity index (χ2n) is 7.82. The lowest BCUT2D eigenvalue weighted by Crippen LogP contribution is -2.71. The molecule has 12 nitrogen and oxygen atoms in total. The predicted molar refractivity (Wildman–Crippen MR) is 125 cm³/mol. The van der Waals surface area contributed by atoms with Gasteiger partial charge in [0.2, 0.25) is 5.91 Å². The van der Waals surface area contributed by atoms with E-state index in [0.717, 1.165) is 42.7 Å². The van der Waals surface area contributed by atoms with Crippen LogP contribution in [0.1, 0.15) is 18.2 Å². The molecule has 1 aromatic heterocycles. The van der Waals surface area contributed by atoms with Crippen LogP contribution < -0.4 is 5.32 Å². The van der Waals surface area contributed by atoms with E-state index in [0.29, 0.717) is 0 Å². The number of methoxy groups -OCH3 is 2. The van der Waals surface area contributed by atoms with Crippen molar-refractivity contribution in [2.45, 2.75) is 36.4 Å². The standard InChI is InChI=1S/C22H24N2O10S2/c1-10(25)34-9-13-14(8-12(21(30)32-2)22(31)33-3)36-19-16(18(27)24(19)17(13)20(28)29)23-15(26)7-11-5-4-6-35-11/h4-6,12,14,16,19H,7-9H2,1-3H3,(H,23,26)(H,28,29)/t14?,16?,19-/m0/s1. The molecule has 0 bridgehead atoms. The van der Waals surface area contributed by atoms with Crippen molar-refractivity contribution in [3.05, 3.63) is 33.7 Å². The van der Waals surface area contributed by atoms with Gasteiger partial charge in [-0.1, -0.05) is 6.07 Å². The number of nitrogens with zero attached hydrogens (tertiary/aromatic N) is 1. The summed E-state index contributed by atoms with van der Waals surface area (Å²) in [6.45, 7) is 0.657. The average molecular weight is 541 g/mol. The van der Waals surface area contributed by atoms with Crippen molar-refractivity contribution in [1.82, 2.24) is 10.2 Å².